The first-order valence-corrected chi connectivity index (χ1v) is 5.82. The predicted molar refractivity (Wildman–Crippen MR) is 63.8 cm³/mol. The van der Waals surface area contributed by atoms with Crippen molar-refractivity contribution in [3.05, 3.63) is 0 Å². The minimum Gasteiger partial charge on any atom is -0.355 e. The van der Waals surface area contributed by atoms with Crippen LogP contribution in [-0.4, -0.2) is 42.9 Å². The Hall–Kier alpha value is -1.10. The lowest BCUT2D eigenvalue weighted by Crippen LogP contribution is -2.37. The number of carbonyl (C=O) groups is 2. The van der Waals surface area contributed by atoms with E-state index in [1.807, 2.05) is 13.8 Å². The van der Waals surface area contributed by atoms with Gasteiger partial charge in [0.15, 0.2) is 0 Å². The summed E-state index contributed by atoms with van der Waals surface area (Å²) < 4.78 is 0. The third-order valence-electron chi connectivity index (χ3n) is 2.56. The van der Waals surface area contributed by atoms with E-state index in [2.05, 4.69) is 5.32 Å². The van der Waals surface area contributed by atoms with Gasteiger partial charge in [-0.2, -0.15) is 0 Å². The molecule has 3 N–H and O–H groups in total. The van der Waals surface area contributed by atoms with Crippen molar-refractivity contribution in [2.45, 2.75) is 27.2 Å². The van der Waals surface area contributed by atoms with E-state index in [9.17, 15) is 9.59 Å². The summed E-state index contributed by atoms with van der Waals surface area (Å²) in [6.45, 7) is 7.79. The zero-order valence-electron chi connectivity index (χ0n) is 10.5. The van der Waals surface area contributed by atoms with Gasteiger partial charge in [0.25, 0.3) is 0 Å². The molecule has 5 heteroatoms. The van der Waals surface area contributed by atoms with Crippen LogP contribution in [0.15, 0.2) is 0 Å². The van der Waals surface area contributed by atoms with Gasteiger partial charge in [0.05, 0.1) is 0 Å². The van der Waals surface area contributed by atoms with E-state index in [-0.39, 0.29) is 17.7 Å². The van der Waals surface area contributed by atoms with E-state index >= 15 is 0 Å². The fourth-order valence-corrected chi connectivity index (χ4v) is 1.31. The van der Waals surface area contributed by atoms with Gasteiger partial charge in [0.1, 0.15) is 0 Å². The molecule has 0 radical (unpaired) electrons. The van der Waals surface area contributed by atoms with Gasteiger partial charge >= 0.3 is 0 Å². The van der Waals surface area contributed by atoms with Crippen LogP contribution in [-0.2, 0) is 9.59 Å². The maximum Gasteiger partial charge on any atom is 0.224 e. The second-order valence-electron chi connectivity index (χ2n) is 3.74. The van der Waals surface area contributed by atoms with Crippen molar-refractivity contribution in [3.63, 3.8) is 0 Å². The minimum atomic E-state index is -0.191. The zero-order chi connectivity index (χ0) is 12.6. The normalized spacial score (nSPS) is 12.0. The monoisotopic (exact) mass is 229 g/mol. The second-order valence-corrected chi connectivity index (χ2v) is 3.74. The predicted octanol–water partition coefficient (Wildman–Crippen LogP) is -0.0441. The van der Waals surface area contributed by atoms with E-state index in [0.717, 1.165) is 0 Å². The van der Waals surface area contributed by atoms with Crippen molar-refractivity contribution in [1.82, 2.24) is 10.2 Å². The highest BCUT2D eigenvalue weighted by Gasteiger charge is 2.12. The molecular weight excluding hydrogens is 206 g/mol. The van der Waals surface area contributed by atoms with Crippen LogP contribution >= 0.6 is 0 Å². The number of hydrogen-bond donors (Lipinski definition) is 2. The van der Waals surface area contributed by atoms with Crippen molar-refractivity contribution < 1.29 is 9.59 Å². The van der Waals surface area contributed by atoms with Crippen molar-refractivity contribution in [2.24, 2.45) is 11.7 Å². The molecule has 0 aliphatic rings. The lowest BCUT2D eigenvalue weighted by atomic mass is 10.1. The summed E-state index contributed by atoms with van der Waals surface area (Å²) in [5, 5.41) is 2.70. The smallest absolute Gasteiger partial charge is 0.224 e. The highest BCUT2D eigenvalue weighted by molar-refractivity contribution is 5.80. The van der Waals surface area contributed by atoms with Gasteiger partial charge in [-0.25, -0.2) is 0 Å². The van der Waals surface area contributed by atoms with Crippen LogP contribution in [0.2, 0.25) is 0 Å². The van der Waals surface area contributed by atoms with E-state index < -0.39 is 0 Å². The van der Waals surface area contributed by atoms with Gasteiger partial charge in [0, 0.05) is 38.5 Å². The molecule has 0 bridgehead atoms. The fourth-order valence-electron chi connectivity index (χ4n) is 1.31. The van der Waals surface area contributed by atoms with Crippen molar-refractivity contribution >= 4 is 11.8 Å². The van der Waals surface area contributed by atoms with Gasteiger partial charge in [-0.3, -0.25) is 9.59 Å². The molecule has 1 unspecified atom stereocenters. The molecule has 0 aliphatic carbocycles. The molecule has 0 aromatic rings. The van der Waals surface area contributed by atoms with Gasteiger partial charge in [0.2, 0.25) is 11.8 Å². The third-order valence-corrected chi connectivity index (χ3v) is 2.56. The minimum absolute atomic E-state index is 0.0747. The lowest BCUT2D eigenvalue weighted by molar-refractivity contribution is -0.131. The summed E-state index contributed by atoms with van der Waals surface area (Å²) in [4.78, 5) is 24.7. The van der Waals surface area contributed by atoms with Crippen LogP contribution in [0.25, 0.3) is 0 Å². The van der Waals surface area contributed by atoms with Crippen LogP contribution < -0.4 is 11.1 Å². The highest BCUT2D eigenvalue weighted by atomic mass is 16.2. The van der Waals surface area contributed by atoms with Gasteiger partial charge in [-0.1, -0.05) is 6.92 Å². The number of amides is 2. The summed E-state index contributed by atoms with van der Waals surface area (Å²) in [6, 6.07) is 0. The first-order valence-electron chi connectivity index (χ1n) is 5.82. The Bertz CT molecular complexity index is 227. The summed E-state index contributed by atoms with van der Waals surface area (Å²) >= 11 is 0. The molecule has 0 fully saturated rings. The van der Waals surface area contributed by atoms with Crippen LogP contribution in [0.1, 0.15) is 27.2 Å². The molecule has 0 aliphatic heterocycles. The van der Waals surface area contributed by atoms with Gasteiger partial charge < -0.3 is 16.0 Å². The Morgan fingerprint density at radius 2 is 1.88 bits per heavy atom. The Morgan fingerprint density at radius 1 is 1.31 bits per heavy atom. The Kier molecular flexibility index (Phi) is 7.54. The number of carbonyl (C=O) groups excluding carboxylic acids is 2. The van der Waals surface area contributed by atoms with E-state index in [0.29, 0.717) is 32.6 Å². The van der Waals surface area contributed by atoms with E-state index in [4.69, 9.17) is 5.73 Å². The summed E-state index contributed by atoms with van der Waals surface area (Å²) in [7, 11) is 0. The number of nitrogens with two attached hydrogens (primary N) is 1. The Balaban J connectivity index is 3.81. The quantitative estimate of drug-likeness (QED) is 0.643. The van der Waals surface area contributed by atoms with Crippen LogP contribution in [0.4, 0.5) is 0 Å². The average molecular weight is 229 g/mol. The van der Waals surface area contributed by atoms with Crippen LogP contribution in [0.5, 0.6) is 0 Å². The standard InChI is InChI=1S/C11H23N3O2/c1-4-14(5-2)10(15)6-7-13-11(16)9(3)8-12/h9H,4-8,12H2,1-3H3,(H,13,16). The first-order chi connectivity index (χ1) is 7.56. The highest BCUT2D eigenvalue weighted by Crippen LogP contribution is 1.94. The molecule has 5 nitrogen and oxygen atoms in total. The summed E-state index contributed by atoms with van der Waals surface area (Å²) in [5.41, 5.74) is 5.36. The molecule has 0 spiro atoms. The number of nitrogens with one attached hydrogen (secondary N) is 1. The Morgan fingerprint density at radius 3 is 2.31 bits per heavy atom. The molecular formula is C11H23N3O2. The molecule has 0 saturated heterocycles. The maximum absolute atomic E-state index is 11.6. The summed E-state index contributed by atoms with van der Waals surface area (Å²) in [5.74, 6) is -0.205. The molecule has 16 heavy (non-hydrogen) atoms. The maximum atomic E-state index is 11.6. The number of rotatable bonds is 7. The van der Waals surface area contributed by atoms with Crippen LogP contribution in [0.3, 0.4) is 0 Å². The molecule has 0 heterocycles. The van der Waals surface area contributed by atoms with Crippen molar-refractivity contribution in [3.8, 4) is 0 Å². The number of hydrogen-bond acceptors (Lipinski definition) is 3. The van der Waals surface area contributed by atoms with Crippen molar-refractivity contribution in [1.29, 1.82) is 0 Å². The topological polar surface area (TPSA) is 75.4 Å². The molecule has 0 aromatic heterocycles. The lowest BCUT2D eigenvalue weighted by Gasteiger charge is -2.18. The number of nitrogens with zero attached hydrogens (tertiary/aromatic N) is 1. The SMILES string of the molecule is CCN(CC)C(=O)CCNC(=O)C(C)CN. The molecule has 2 amide bonds. The summed E-state index contributed by atoms with van der Waals surface area (Å²) in [6.07, 6.45) is 0.352. The van der Waals surface area contributed by atoms with Gasteiger partial charge in [-0.05, 0) is 13.8 Å². The average Bonchev–Trinajstić information content (AvgIpc) is 2.29. The third kappa shape index (κ3) is 5.11. The molecule has 0 rings (SSSR count). The second kappa shape index (κ2) is 8.10. The largest absolute Gasteiger partial charge is 0.355 e. The molecule has 94 valence electrons. The van der Waals surface area contributed by atoms with E-state index in [1.54, 1.807) is 11.8 Å². The van der Waals surface area contributed by atoms with Crippen molar-refractivity contribution in [2.75, 3.05) is 26.2 Å². The fraction of sp³-hybridized carbons (Fsp3) is 0.818. The Labute approximate surface area is 97.4 Å². The molecule has 1 atom stereocenters. The molecule has 0 saturated carbocycles. The van der Waals surface area contributed by atoms with E-state index in [1.165, 1.54) is 0 Å². The zero-order valence-corrected chi connectivity index (χ0v) is 10.5. The van der Waals surface area contributed by atoms with Crippen LogP contribution in [0, 0.1) is 5.92 Å². The first kappa shape index (κ1) is 14.9. The molecule has 0 aromatic carbocycles. The van der Waals surface area contributed by atoms with Gasteiger partial charge in [-0.15, -0.1) is 0 Å².